The highest BCUT2D eigenvalue weighted by Gasteiger charge is 2.36. The first-order valence-corrected chi connectivity index (χ1v) is 11.9. The first kappa shape index (κ1) is 22.4. The van der Waals surface area contributed by atoms with Gasteiger partial charge in [-0.15, -0.1) is 0 Å². The largest absolute Gasteiger partial charge is 0.500 e. The molecule has 0 aromatic heterocycles. The van der Waals surface area contributed by atoms with Crippen molar-refractivity contribution in [2.75, 3.05) is 21.3 Å². The van der Waals surface area contributed by atoms with Crippen LogP contribution in [0.25, 0.3) is 0 Å². The maximum absolute atomic E-state index is 5.45. The Morgan fingerprint density at radius 2 is 1.04 bits per heavy atom. The fourth-order valence-electron chi connectivity index (χ4n) is 3.29. The molecule has 0 saturated heterocycles. The highest BCUT2D eigenvalue weighted by atomic mass is 28.4. The lowest BCUT2D eigenvalue weighted by atomic mass is 10.0. The number of unbranched alkanes of at least 4 members (excludes halogenated alkanes) is 9. The number of hydrogen-bond acceptors (Lipinski definition) is 3. The zero-order valence-electron chi connectivity index (χ0n) is 16.6. The van der Waals surface area contributed by atoms with E-state index in [4.69, 9.17) is 13.3 Å². The molecule has 0 fully saturated rings. The average Bonchev–Trinajstić information content (AvgIpc) is 2.67. The molecule has 0 unspecified atom stereocenters. The van der Waals surface area contributed by atoms with E-state index in [0.29, 0.717) is 0 Å². The van der Waals surface area contributed by atoms with Crippen molar-refractivity contribution in [1.82, 2.24) is 0 Å². The van der Waals surface area contributed by atoms with Crippen LogP contribution >= 0.6 is 0 Å². The third-order valence-electron chi connectivity index (χ3n) is 4.97. The summed E-state index contributed by atoms with van der Waals surface area (Å²) in [7, 11) is 2.74. The highest BCUT2D eigenvalue weighted by molar-refractivity contribution is 6.60. The Balaban J connectivity index is 1.86. The minimum Gasteiger partial charge on any atom is -0.377 e. The quantitative estimate of drug-likeness (QED) is 0.265. The molecule has 0 aliphatic carbocycles. The molecule has 25 heavy (non-hydrogen) atoms. The predicted molar refractivity (Wildman–Crippen MR) is 108 cm³/mol. The number of rotatable bonds is 16. The fourth-order valence-corrected chi connectivity index (χ4v) is 5.08. The van der Waals surface area contributed by atoms with Gasteiger partial charge in [0.1, 0.15) is 0 Å². The molecule has 0 aliphatic rings. The van der Waals surface area contributed by atoms with Gasteiger partial charge in [0, 0.05) is 27.4 Å². The van der Waals surface area contributed by atoms with Gasteiger partial charge in [0.05, 0.1) is 0 Å². The summed E-state index contributed by atoms with van der Waals surface area (Å²) in [5, 5.41) is 0. The number of benzene rings is 1. The average molecular weight is 367 g/mol. The van der Waals surface area contributed by atoms with E-state index in [1.54, 1.807) is 21.3 Å². The first-order valence-electron chi connectivity index (χ1n) is 9.95. The van der Waals surface area contributed by atoms with E-state index in [9.17, 15) is 0 Å². The molecule has 0 N–H and O–H groups in total. The molecule has 0 saturated carbocycles. The molecule has 0 aliphatic heterocycles. The van der Waals surface area contributed by atoms with Crippen LogP contribution in [0.1, 0.15) is 69.8 Å². The van der Waals surface area contributed by atoms with Gasteiger partial charge in [-0.05, 0) is 24.8 Å². The van der Waals surface area contributed by atoms with E-state index in [2.05, 4.69) is 30.3 Å². The first-order chi connectivity index (χ1) is 12.3. The second-order valence-electron chi connectivity index (χ2n) is 6.82. The topological polar surface area (TPSA) is 27.7 Å². The smallest absolute Gasteiger partial charge is 0.377 e. The lowest BCUT2D eigenvalue weighted by Crippen LogP contribution is -2.42. The highest BCUT2D eigenvalue weighted by Crippen LogP contribution is 2.18. The Bertz CT molecular complexity index is 399. The summed E-state index contributed by atoms with van der Waals surface area (Å²) in [5.74, 6) is 0. The lowest BCUT2D eigenvalue weighted by Gasteiger charge is -2.24. The van der Waals surface area contributed by atoms with Crippen LogP contribution in [0.5, 0.6) is 0 Å². The van der Waals surface area contributed by atoms with Gasteiger partial charge in [0.25, 0.3) is 0 Å². The zero-order valence-corrected chi connectivity index (χ0v) is 17.6. The van der Waals surface area contributed by atoms with Gasteiger partial charge in [-0.1, -0.05) is 81.7 Å². The Morgan fingerprint density at radius 3 is 1.52 bits per heavy atom. The Morgan fingerprint density at radius 1 is 0.600 bits per heavy atom. The van der Waals surface area contributed by atoms with E-state index >= 15 is 0 Å². The van der Waals surface area contributed by atoms with Crippen molar-refractivity contribution < 1.29 is 13.3 Å². The molecule has 1 aromatic carbocycles. The Labute approximate surface area is 156 Å². The molecule has 1 rings (SSSR count). The van der Waals surface area contributed by atoms with Gasteiger partial charge in [-0.2, -0.15) is 0 Å². The third-order valence-corrected chi connectivity index (χ3v) is 7.81. The molecule has 0 bridgehead atoms. The maximum Gasteiger partial charge on any atom is 0.500 e. The molecular formula is C21H38O3Si. The molecule has 0 atom stereocenters. The van der Waals surface area contributed by atoms with Crippen LogP contribution in [0.2, 0.25) is 6.04 Å². The van der Waals surface area contributed by atoms with Crippen molar-refractivity contribution in [2.45, 2.75) is 76.7 Å². The maximum atomic E-state index is 5.45. The molecule has 0 amide bonds. The summed E-state index contributed by atoms with van der Waals surface area (Å²) in [5.41, 5.74) is 1.48. The van der Waals surface area contributed by atoms with Crippen LogP contribution in [0.15, 0.2) is 30.3 Å². The van der Waals surface area contributed by atoms with Crippen molar-refractivity contribution >= 4 is 8.80 Å². The molecule has 0 spiro atoms. The van der Waals surface area contributed by atoms with Crippen LogP contribution in [0.4, 0.5) is 0 Å². The number of aryl methyl sites for hydroxylation is 1. The van der Waals surface area contributed by atoms with Gasteiger partial charge in [-0.25, -0.2) is 0 Å². The standard InChI is InChI=1S/C21H38O3Si/c1-22-25(23-2,24-3)20-16-11-9-7-5-4-6-8-10-13-17-21-18-14-12-15-19-21/h12,14-15,18-19H,4-11,13,16-17,20H2,1-3H3. The molecule has 4 heteroatoms. The monoisotopic (exact) mass is 366 g/mol. The normalized spacial score (nSPS) is 11.8. The minimum absolute atomic E-state index is 0.928. The van der Waals surface area contributed by atoms with Crippen molar-refractivity contribution in [1.29, 1.82) is 0 Å². The van der Waals surface area contributed by atoms with Gasteiger partial charge in [-0.3, -0.25) is 0 Å². The van der Waals surface area contributed by atoms with Crippen molar-refractivity contribution in [2.24, 2.45) is 0 Å². The van der Waals surface area contributed by atoms with Crippen molar-refractivity contribution in [3.63, 3.8) is 0 Å². The van der Waals surface area contributed by atoms with E-state index in [1.807, 2.05) is 0 Å². The molecule has 0 radical (unpaired) electrons. The Hall–Kier alpha value is -0.683. The van der Waals surface area contributed by atoms with Gasteiger partial charge >= 0.3 is 8.80 Å². The molecular weight excluding hydrogens is 328 g/mol. The van der Waals surface area contributed by atoms with E-state index in [0.717, 1.165) is 12.5 Å². The van der Waals surface area contributed by atoms with E-state index < -0.39 is 8.80 Å². The van der Waals surface area contributed by atoms with Crippen LogP contribution < -0.4 is 0 Å². The van der Waals surface area contributed by atoms with Crippen molar-refractivity contribution in [3.8, 4) is 0 Å². The van der Waals surface area contributed by atoms with Gasteiger partial charge in [0.15, 0.2) is 0 Å². The summed E-state index contributed by atoms with van der Waals surface area (Å²) in [6, 6.07) is 11.8. The van der Waals surface area contributed by atoms with Gasteiger partial charge < -0.3 is 13.3 Å². The van der Waals surface area contributed by atoms with Crippen LogP contribution in [0, 0.1) is 0 Å². The van der Waals surface area contributed by atoms with Crippen LogP contribution in [-0.2, 0) is 19.7 Å². The Kier molecular flexibility index (Phi) is 13.0. The molecule has 144 valence electrons. The molecule has 1 aromatic rings. The summed E-state index contributed by atoms with van der Waals surface area (Å²) < 4.78 is 16.4. The molecule has 3 nitrogen and oxygen atoms in total. The van der Waals surface area contributed by atoms with Gasteiger partial charge in [0.2, 0.25) is 0 Å². The van der Waals surface area contributed by atoms with E-state index in [1.165, 1.54) is 69.8 Å². The van der Waals surface area contributed by atoms with Crippen LogP contribution in [0.3, 0.4) is 0 Å². The molecule has 0 heterocycles. The van der Waals surface area contributed by atoms with E-state index in [-0.39, 0.29) is 0 Å². The fraction of sp³-hybridized carbons (Fsp3) is 0.714. The SMILES string of the molecule is CO[Si](CCCCCCCCCCCCc1ccccc1)(OC)OC. The zero-order chi connectivity index (χ0) is 18.2. The van der Waals surface area contributed by atoms with Crippen LogP contribution in [-0.4, -0.2) is 30.1 Å². The minimum atomic E-state index is -2.34. The second kappa shape index (κ2) is 14.5. The lowest BCUT2D eigenvalue weighted by molar-refractivity contribution is 0.122. The summed E-state index contributed by atoms with van der Waals surface area (Å²) in [6.07, 6.45) is 14.5. The van der Waals surface area contributed by atoms with Crippen molar-refractivity contribution in [3.05, 3.63) is 35.9 Å². The second-order valence-corrected chi connectivity index (χ2v) is 9.91. The summed E-state index contributed by atoms with van der Waals surface area (Å²) in [4.78, 5) is 0. The number of hydrogen-bond donors (Lipinski definition) is 0. The predicted octanol–water partition coefficient (Wildman–Crippen LogP) is 6.01. The third kappa shape index (κ3) is 10.1. The summed E-state index contributed by atoms with van der Waals surface area (Å²) in [6.45, 7) is 0. The summed E-state index contributed by atoms with van der Waals surface area (Å²) >= 11 is 0.